The Morgan fingerprint density at radius 1 is 1.50 bits per heavy atom. The largest absolute Gasteiger partial charge is 0.315 e. The van der Waals surface area contributed by atoms with Crippen molar-refractivity contribution < 1.29 is 0 Å². The molecule has 0 bridgehead atoms. The highest BCUT2D eigenvalue weighted by molar-refractivity contribution is 6.27. The van der Waals surface area contributed by atoms with Crippen LogP contribution in [-0.2, 0) is 0 Å². The molecule has 0 aliphatic carbocycles. The summed E-state index contributed by atoms with van der Waals surface area (Å²) in [6.07, 6.45) is 2.47. The maximum Gasteiger partial charge on any atom is 0.0222 e. The highest BCUT2D eigenvalue weighted by atomic mass is 28.1. The van der Waals surface area contributed by atoms with E-state index in [1.807, 2.05) is 9.85 Å². The molecule has 2 N–H and O–H groups in total. The predicted octanol–water partition coefficient (Wildman–Crippen LogP) is -1.24. The summed E-state index contributed by atoms with van der Waals surface area (Å²) in [6.45, 7) is 3.49. The molecule has 1 rings (SSSR count). The fourth-order valence-corrected chi connectivity index (χ4v) is 1.64. The molecule has 1 heterocycles. The van der Waals surface area contributed by atoms with Gasteiger partial charge in [-0.25, -0.2) is 0 Å². The fraction of sp³-hybridized carbons (Fsp3) is 0.857. The summed E-state index contributed by atoms with van der Waals surface area (Å²) in [7, 11) is 1.94. The van der Waals surface area contributed by atoms with Gasteiger partial charge in [0.25, 0.3) is 0 Å². The molecule has 0 aromatic carbocycles. The van der Waals surface area contributed by atoms with Crippen molar-refractivity contribution in [1.82, 2.24) is 10.6 Å². The number of nitrogens with one attached hydrogen (secondary N) is 2. The van der Waals surface area contributed by atoms with Crippen LogP contribution in [0.1, 0.15) is 12.8 Å². The Hall–Kier alpha value is 0.00688. The van der Waals surface area contributed by atoms with E-state index in [1.54, 1.807) is 0 Å². The summed E-state index contributed by atoms with van der Waals surface area (Å²) in [5.41, 5.74) is 2.25. The molecule has 0 aromatic rings. The van der Waals surface area contributed by atoms with Crippen molar-refractivity contribution in [2.45, 2.75) is 18.9 Å². The van der Waals surface area contributed by atoms with Crippen LogP contribution < -0.4 is 10.6 Å². The lowest BCUT2D eigenvalue weighted by Gasteiger charge is -2.12. The summed E-state index contributed by atoms with van der Waals surface area (Å²) in [4.78, 5) is 0. The number of hydrogen-bond donors (Lipinski definition) is 2. The maximum absolute atomic E-state index is 3.49. The Labute approximate surface area is 65.4 Å². The van der Waals surface area contributed by atoms with Gasteiger partial charge < -0.3 is 10.6 Å². The zero-order chi connectivity index (χ0) is 7.23. The van der Waals surface area contributed by atoms with Gasteiger partial charge in [0.15, 0.2) is 0 Å². The molecule has 1 aliphatic heterocycles. The molecule has 58 valence electrons. The van der Waals surface area contributed by atoms with Crippen LogP contribution in [0.4, 0.5) is 0 Å². The van der Waals surface area contributed by atoms with Gasteiger partial charge in [-0.1, -0.05) is 0 Å². The third-order valence-corrected chi connectivity index (χ3v) is 2.14. The molecule has 1 fully saturated rings. The van der Waals surface area contributed by atoms with Crippen molar-refractivity contribution in [2.24, 2.45) is 0 Å². The van der Waals surface area contributed by atoms with Crippen LogP contribution in [0.3, 0.4) is 0 Å². The normalized spacial score (nSPS) is 27.4. The molecule has 1 saturated heterocycles. The van der Waals surface area contributed by atoms with E-state index in [2.05, 4.69) is 16.3 Å². The summed E-state index contributed by atoms with van der Waals surface area (Å²) in [6, 6.07) is 0.681. The first-order valence-corrected chi connectivity index (χ1v) is 4.80. The van der Waals surface area contributed by atoms with Gasteiger partial charge in [0, 0.05) is 12.6 Å². The van der Waals surface area contributed by atoms with E-state index in [0.717, 1.165) is 6.54 Å². The molecular weight excluding hydrogens is 140 g/mol. The molecule has 0 saturated carbocycles. The Morgan fingerprint density at radius 2 is 2.40 bits per heavy atom. The predicted molar refractivity (Wildman–Crippen MR) is 48.5 cm³/mol. The Kier molecular flexibility index (Phi) is 3.86. The average Bonchev–Trinajstić information content (AvgIpc) is 2.17. The van der Waals surface area contributed by atoms with Gasteiger partial charge >= 0.3 is 0 Å². The highest BCUT2D eigenvalue weighted by Gasteiger charge is 2.07. The lowest BCUT2D eigenvalue weighted by molar-refractivity contribution is 0.547. The van der Waals surface area contributed by atoms with Crippen LogP contribution in [0.5, 0.6) is 0 Å². The van der Waals surface area contributed by atoms with Gasteiger partial charge in [-0.05, 0) is 35.8 Å². The first-order chi connectivity index (χ1) is 4.93. The molecule has 0 spiro atoms. The second-order valence-electron chi connectivity index (χ2n) is 2.73. The SMILES string of the molecule is [SiH2]=CCC1CNCCCN1. The van der Waals surface area contributed by atoms with Crippen molar-refractivity contribution in [3.05, 3.63) is 0 Å². The van der Waals surface area contributed by atoms with Crippen molar-refractivity contribution in [2.75, 3.05) is 19.6 Å². The van der Waals surface area contributed by atoms with E-state index in [-0.39, 0.29) is 0 Å². The molecule has 1 aliphatic rings. The first kappa shape index (κ1) is 8.11. The summed E-state index contributed by atoms with van der Waals surface area (Å²) >= 11 is 0. The molecule has 1 atom stereocenters. The van der Waals surface area contributed by atoms with Crippen LogP contribution in [-0.4, -0.2) is 41.2 Å². The van der Waals surface area contributed by atoms with Gasteiger partial charge in [0.1, 0.15) is 0 Å². The van der Waals surface area contributed by atoms with Crippen LogP contribution in [0.25, 0.3) is 0 Å². The van der Waals surface area contributed by atoms with E-state index in [1.165, 1.54) is 25.9 Å². The van der Waals surface area contributed by atoms with Gasteiger partial charge in [0.2, 0.25) is 0 Å². The molecule has 2 nitrogen and oxygen atoms in total. The minimum atomic E-state index is 0.681. The third-order valence-electron chi connectivity index (χ3n) is 1.81. The van der Waals surface area contributed by atoms with E-state index in [9.17, 15) is 0 Å². The average molecular weight is 156 g/mol. The van der Waals surface area contributed by atoms with Gasteiger partial charge in [-0.3, -0.25) is 0 Å². The van der Waals surface area contributed by atoms with Crippen molar-refractivity contribution in [3.8, 4) is 0 Å². The first-order valence-electron chi connectivity index (χ1n) is 3.98. The monoisotopic (exact) mass is 156 g/mol. The molecule has 0 radical (unpaired) electrons. The summed E-state index contributed by atoms with van der Waals surface area (Å²) in [5, 5.41) is 6.90. The van der Waals surface area contributed by atoms with Crippen LogP contribution in [0.15, 0.2) is 0 Å². The molecule has 3 heteroatoms. The molecule has 0 aromatic heterocycles. The standard InChI is InChI=1S/C7H16N2Si/c10-5-2-7-6-8-3-1-4-9-7/h5,7-9H,1-4,6,10H2. The smallest absolute Gasteiger partial charge is 0.0222 e. The maximum atomic E-state index is 3.49. The van der Waals surface area contributed by atoms with Crippen molar-refractivity contribution in [1.29, 1.82) is 0 Å². The van der Waals surface area contributed by atoms with Gasteiger partial charge in [-0.2, -0.15) is 0 Å². The fourth-order valence-electron chi connectivity index (χ4n) is 1.24. The van der Waals surface area contributed by atoms with E-state index < -0.39 is 0 Å². The van der Waals surface area contributed by atoms with Crippen LogP contribution in [0.2, 0.25) is 0 Å². The molecule has 1 unspecified atom stereocenters. The summed E-state index contributed by atoms with van der Waals surface area (Å²) < 4.78 is 0. The number of rotatable bonds is 2. The lowest BCUT2D eigenvalue weighted by Crippen LogP contribution is -2.35. The molecular formula is C7H16N2Si. The highest BCUT2D eigenvalue weighted by Crippen LogP contribution is 1.91. The Morgan fingerprint density at radius 3 is 3.20 bits per heavy atom. The van der Waals surface area contributed by atoms with Gasteiger partial charge in [-0.15, -0.1) is 5.67 Å². The van der Waals surface area contributed by atoms with Crippen LogP contribution >= 0.6 is 0 Å². The lowest BCUT2D eigenvalue weighted by atomic mass is 10.2. The quantitative estimate of drug-likeness (QED) is 0.489. The van der Waals surface area contributed by atoms with E-state index >= 15 is 0 Å². The molecule has 0 amide bonds. The third kappa shape index (κ3) is 2.73. The zero-order valence-corrected chi connectivity index (χ0v) is 7.81. The Balaban J connectivity index is 2.21. The van der Waals surface area contributed by atoms with Gasteiger partial charge in [0.05, 0.1) is 0 Å². The minimum Gasteiger partial charge on any atom is -0.315 e. The second-order valence-corrected chi connectivity index (χ2v) is 3.31. The van der Waals surface area contributed by atoms with Crippen molar-refractivity contribution >= 4 is 15.5 Å². The summed E-state index contributed by atoms with van der Waals surface area (Å²) in [5.74, 6) is 0. The van der Waals surface area contributed by atoms with Crippen LogP contribution in [0, 0.1) is 0 Å². The van der Waals surface area contributed by atoms with Crippen molar-refractivity contribution in [3.63, 3.8) is 0 Å². The Bertz CT molecular complexity index is 97.8. The zero-order valence-electron chi connectivity index (χ0n) is 6.40. The van der Waals surface area contributed by atoms with E-state index in [4.69, 9.17) is 0 Å². The molecule has 10 heavy (non-hydrogen) atoms. The number of hydrogen-bond acceptors (Lipinski definition) is 2. The minimum absolute atomic E-state index is 0.681. The van der Waals surface area contributed by atoms with E-state index in [0.29, 0.717) is 6.04 Å². The topological polar surface area (TPSA) is 24.1 Å². The second kappa shape index (κ2) is 4.77.